The Hall–Kier alpha value is -1.88. The number of hydrogen-bond donors (Lipinski definition) is 2. The highest BCUT2D eigenvalue weighted by Gasteiger charge is 2.01. The van der Waals surface area contributed by atoms with Crippen LogP contribution in [0.5, 0.6) is 0 Å². The minimum atomic E-state index is -0.318. The van der Waals surface area contributed by atoms with Crippen molar-refractivity contribution in [1.82, 2.24) is 5.32 Å². The predicted molar refractivity (Wildman–Crippen MR) is 96.3 cm³/mol. The summed E-state index contributed by atoms with van der Waals surface area (Å²) in [5, 5.41) is 6.95. The van der Waals surface area contributed by atoms with Crippen LogP contribution >= 0.6 is 35.4 Å². The molecule has 0 saturated carbocycles. The third-order valence-corrected chi connectivity index (χ3v) is 3.34. The molecule has 0 spiro atoms. The van der Waals surface area contributed by atoms with Gasteiger partial charge in [0.15, 0.2) is 5.11 Å². The third-order valence-electron chi connectivity index (χ3n) is 2.64. The summed E-state index contributed by atoms with van der Waals surface area (Å²) in [5.74, 6) is -0.318. The van der Waals surface area contributed by atoms with Gasteiger partial charge < -0.3 is 5.32 Å². The van der Waals surface area contributed by atoms with Crippen LogP contribution in [-0.4, -0.2) is 11.0 Å². The molecule has 2 aromatic carbocycles. The van der Waals surface area contributed by atoms with Crippen molar-refractivity contribution in [1.29, 1.82) is 0 Å². The van der Waals surface area contributed by atoms with Crippen LogP contribution in [0.2, 0.25) is 10.0 Å². The van der Waals surface area contributed by atoms with E-state index >= 15 is 0 Å². The lowest BCUT2D eigenvalue weighted by Crippen LogP contribution is -2.32. The zero-order valence-electron chi connectivity index (χ0n) is 11.3. The fourth-order valence-electron chi connectivity index (χ4n) is 1.59. The van der Waals surface area contributed by atoms with E-state index in [1.165, 1.54) is 6.08 Å². The summed E-state index contributed by atoms with van der Waals surface area (Å²) < 4.78 is 0. The second kappa shape index (κ2) is 7.94. The average molecular weight is 351 g/mol. The maximum absolute atomic E-state index is 11.8. The van der Waals surface area contributed by atoms with Crippen LogP contribution in [0.15, 0.2) is 54.6 Å². The average Bonchev–Trinajstić information content (AvgIpc) is 2.49. The molecule has 0 aliphatic heterocycles. The first-order valence-electron chi connectivity index (χ1n) is 6.34. The first kappa shape index (κ1) is 16.5. The van der Waals surface area contributed by atoms with Crippen molar-refractivity contribution < 1.29 is 4.79 Å². The molecule has 2 N–H and O–H groups in total. The second-order valence-corrected chi connectivity index (χ2v) is 5.62. The molecule has 0 aliphatic carbocycles. The molecule has 2 rings (SSSR count). The molecule has 3 nitrogen and oxygen atoms in total. The highest BCUT2D eigenvalue weighted by molar-refractivity contribution is 7.80. The molecule has 0 saturated heterocycles. The van der Waals surface area contributed by atoms with Gasteiger partial charge in [-0.3, -0.25) is 10.1 Å². The van der Waals surface area contributed by atoms with E-state index in [4.69, 9.17) is 35.4 Å². The summed E-state index contributed by atoms with van der Waals surface area (Å²) in [5.41, 5.74) is 1.62. The molecule has 2 aromatic rings. The maximum atomic E-state index is 11.8. The SMILES string of the molecule is O=C(/C=C/c1ccc(Cl)cc1)NC(=S)Nc1ccc(Cl)cc1. The highest BCUT2D eigenvalue weighted by Crippen LogP contribution is 2.13. The normalized spacial score (nSPS) is 10.5. The fraction of sp³-hybridized carbons (Fsp3) is 0. The lowest BCUT2D eigenvalue weighted by molar-refractivity contribution is -0.115. The number of halogens is 2. The molecule has 0 heterocycles. The number of nitrogens with one attached hydrogen (secondary N) is 2. The van der Waals surface area contributed by atoms with E-state index in [1.807, 2.05) is 12.1 Å². The molecule has 0 bridgehead atoms. The van der Waals surface area contributed by atoms with Crippen molar-refractivity contribution in [2.75, 3.05) is 5.32 Å². The van der Waals surface area contributed by atoms with Crippen molar-refractivity contribution in [2.24, 2.45) is 0 Å². The number of thiocarbonyl (C=S) groups is 1. The Kier molecular flexibility index (Phi) is 5.95. The molecule has 0 radical (unpaired) electrons. The van der Waals surface area contributed by atoms with Crippen LogP contribution < -0.4 is 10.6 Å². The Balaban J connectivity index is 1.87. The van der Waals surface area contributed by atoms with E-state index in [-0.39, 0.29) is 11.0 Å². The second-order valence-electron chi connectivity index (χ2n) is 4.34. The lowest BCUT2D eigenvalue weighted by atomic mass is 10.2. The number of rotatable bonds is 3. The van der Waals surface area contributed by atoms with Crippen molar-refractivity contribution >= 4 is 58.2 Å². The van der Waals surface area contributed by atoms with Crippen molar-refractivity contribution in [3.8, 4) is 0 Å². The van der Waals surface area contributed by atoms with Gasteiger partial charge in [-0.05, 0) is 60.3 Å². The Labute approximate surface area is 143 Å². The van der Waals surface area contributed by atoms with Gasteiger partial charge in [-0.25, -0.2) is 0 Å². The predicted octanol–water partition coefficient (Wildman–Crippen LogP) is 4.52. The summed E-state index contributed by atoms with van der Waals surface area (Å²) in [6.45, 7) is 0. The molecular formula is C16H12Cl2N2OS. The lowest BCUT2D eigenvalue weighted by Gasteiger charge is -2.07. The van der Waals surface area contributed by atoms with Crippen LogP contribution in [0, 0.1) is 0 Å². The fourth-order valence-corrected chi connectivity index (χ4v) is 2.07. The summed E-state index contributed by atoms with van der Waals surface area (Å²) in [6.07, 6.45) is 3.08. The number of hydrogen-bond acceptors (Lipinski definition) is 2. The topological polar surface area (TPSA) is 41.1 Å². The van der Waals surface area contributed by atoms with Crippen LogP contribution in [0.4, 0.5) is 5.69 Å². The van der Waals surface area contributed by atoms with Crippen LogP contribution in [-0.2, 0) is 4.79 Å². The van der Waals surface area contributed by atoms with E-state index < -0.39 is 0 Å². The first-order chi connectivity index (χ1) is 10.5. The van der Waals surface area contributed by atoms with E-state index in [9.17, 15) is 4.79 Å². The molecule has 112 valence electrons. The molecule has 0 fully saturated rings. The van der Waals surface area contributed by atoms with Crippen molar-refractivity contribution in [2.45, 2.75) is 0 Å². The largest absolute Gasteiger partial charge is 0.332 e. The summed E-state index contributed by atoms with van der Waals surface area (Å²) in [7, 11) is 0. The molecule has 22 heavy (non-hydrogen) atoms. The zero-order chi connectivity index (χ0) is 15.9. The molecule has 0 atom stereocenters. The van der Waals surface area contributed by atoms with Crippen LogP contribution in [0.25, 0.3) is 6.08 Å². The van der Waals surface area contributed by atoms with E-state index in [0.717, 1.165) is 11.3 Å². The Morgan fingerprint density at radius 1 is 0.955 bits per heavy atom. The number of carbonyl (C=O) groups is 1. The monoisotopic (exact) mass is 350 g/mol. The molecular weight excluding hydrogens is 339 g/mol. The Bertz CT molecular complexity index is 697. The van der Waals surface area contributed by atoms with Gasteiger partial charge in [0, 0.05) is 21.8 Å². The highest BCUT2D eigenvalue weighted by atomic mass is 35.5. The maximum Gasteiger partial charge on any atom is 0.250 e. The Morgan fingerprint density at radius 3 is 2.09 bits per heavy atom. The van der Waals surface area contributed by atoms with Gasteiger partial charge in [0.05, 0.1) is 0 Å². The van der Waals surface area contributed by atoms with Crippen molar-refractivity contribution in [3.63, 3.8) is 0 Å². The van der Waals surface area contributed by atoms with Crippen LogP contribution in [0.3, 0.4) is 0 Å². The van der Waals surface area contributed by atoms with Gasteiger partial charge in [-0.2, -0.15) is 0 Å². The van der Waals surface area contributed by atoms with E-state index in [1.54, 1.807) is 42.5 Å². The smallest absolute Gasteiger partial charge is 0.250 e. The van der Waals surface area contributed by atoms with Gasteiger partial charge >= 0.3 is 0 Å². The van der Waals surface area contributed by atoms with Gasteiger partial charge in [0.25, 0.3) is 0 Å². The standard InChI is InChI=1S/C16H12Cl2N2OS/c17-12-4-1-11(2-5-12)3-10-15(21)20-16(22)19-14-8-6-13(18)7-9-14/h1-10H,(H2,19,20,21,22)/b10-3+. The number of anilines is 1. The van der Waals surface area contributed by atoms with E-state index in [2.05, 4.69) is 10.6 Å². The quantitative estimate of drug-likeness (QED) is 0.631. The number of amides is 1. The molecule has 0 unspecified atom stereocenters. The van der Waals surface area contributed by atoms with Gasteiger partial charge in [-0.1, -0.05) is 35.3 Å². The van der Waals surface area contributed by atoms with Gasteiger partial charge in [0.2, 0.25) is 5.91 Å². The number of carbonyl (C=O) groups excluding carboxylic acids is 1. The number of benzene rings is 2. The summed E-state index contributed by atoms with van der Waals surface area (Å²) >= 11 is 16.7. The van der Waals surface area contributed by atoms with Gasteiger partial charge in [-0.15, -0.1) is 0 Å². The van der Waals surface area contributed by atoms with Crippen LogP contribution in [0.1, 0.15) is 5.56 Å². The molecule has 0 aliphatic rings. The molecule has 1 amide bonds. The summed E-state index contributed by atoms with van der Waals surface area (Å²) in [4.78, 5) is 11.8. The zero-order valence-corrected chi connectivity index (χ0v) is 13.7. The van der Waals surface area contributed by atoms with Crippen molar-refractivity contribution in [3.05, 3.63) is 70.2 Å². The molecule has 6 heteroatoms. The third kappa shape index (κ3) is 5.48. The minimum Gasteiger partial charge on any atom is -0.332 e. The summed E-state index contributed by atoms with van der Waals surface area (Å²) in [6, 6.07) is 14.1. The Morgan fingerprint density at radius 2 is 1.50 bits per heavy atom. The molecule has 0 aromatic heterocycles. The minimum absolute atomic E-state index is 0.216. The first-order valence-corrected chi connectivity index (χ1v) is 7.50. The van der Waals surface area contributed by atoms with E-state index in [0.29, 0.717) is 10.0 Å². The van der Waals surface area contributed by atoms with Gasteiger partial charge in [0.1, 0.15) is 0 Å².